The molecule has 10 aromatic rings. The Hall–Kier alpha value is -7.23. The quantitative estimate of drug-likeness (QED) is 0.159. The lowest BCUT2D eigenvalue weighted by Crippen LogP contribution is -2.10. The summed E-state index contributed by atoms with van der Waals surface area (Å²) < 4.78 is 4.47. The zero-order valence-corrected chi connectivity index (χ0v) is 33.9. The summed E-state index contributed by atoms with van der Waals surface area (Å²) in [6.07, 6.45) is 0. The summed E-state index contributed by atoms with van der Waals surface area (Å²) in [6, 6.07) is 72.6. The summed E-state index contributed by atoms with van der Waals surface area (Å²) in [4.78, 5) is 0. The van der Waals surface area contributed by atoms with Gasteiger partial charge in [0.05, 0.1) is 28.1 Å². The van der Waals surface area contributed by atoms with Gasteiger partial charge in [-0.1, -0.05) is 178 Å². The molecule has 0 saturated heterocycles. The van der Waals surface area contributed by atoms with E-state index in [0.29, 0.717) is 0 Å². The van der Waals surface area contributed by atoms with Crippen molar-refractivity contribution in [3.63, 3.8) is 0 Å². The molecule has 0 spiro atoms. The zero-order valence-electron chi connectivity index (χ0n) is 33.9. The lowest BCUT2D eigenvalue weighted by atomic mass is 9.86. The van der Waals surface area contributed by atoms with E-state index < -0.39 is 0 Å². The molecule has 284 valence electrons. The van der Waals surface area contributed by atoms with Gasteiger partial charge in [-0.15, -0.1) is 0 Å². The second-order valence-corrected chi connectivity index (χ2v) is 16.6. The molecule has 0 fully saturated rings. The van der Waals surface area contributed by atoms with E-state index in [2.05, 4.69) is 237 Å². The molecule has 3 nitrogen and oxygen atoms in total. The molecule has 0 aliphatic carbocycles. The van der Waals surface area contributed by atoms with Crippen molar-refractivity contribution in [2.45, 2.75) is 33.1 Å². The third-order valence-electron chi connectivity index (χ3n) is 11.7. The van der Waals surface area contributed by atoms with Crippen LogP contribution in [0.4, 0.5) is 0 Å². The minimum absolute atomic E-state index is 0.0797. The van der Waals surface area contributed by atoms with Gasteiger partial charge in [0.25, 0.3) is 0 Å². The molecule has 10 rings (SSSR count). The van der Waals surface area contributed by atoms with Crippen LogP contribution in [0.25, 0.3) is 89.1 Å². The van der Waals surface area contributed by atoms with Gasteiger partial charge in [0, 0.05) is 27.6 Å². The molecule has 59 heavy (non-hydrogen) atoms. The predicted octanol–water partition coefficient (Wildman–Crippen LogP) is 14.9. The van der Waals surface area contributed by atoms with Crippen molar-refractivity contribution in [1.29, 1.82) is 0 Å². The van der Waals surface area contributed by atoms with Crippen LogP contribution in [-0.2, 0) is 5.41 Å². The van der Waals surface area contributed by atoms with Gasteiger partial charge in [-0.2, -0.15) is 5.10 Å². The minimum Gasteiger partial charge on any atom is -0.309 e. The number of fused-ring (bicyclic) bond motifs is 3. The Labute approximate surface area is 346 Å². The minimum atomic E-state index is 0.0797. The highest BCUT2D eigenvalue weighted by Crippen LogP contribution is 2.41. The number of aromatic nitrogens is 3. The van der Waals surface area contributed by atoms with Crippen molar-refractivity contribution >= 4 is 21.8 Å². The van der Waals surface area contributed by atoms with E-state index in [1.807, 2.05) is 0 Å². The second kappa shape index (κ2) is 14.6. The number of nitrogens with zero attached hydrogens (tertiary/aromatic N) is 3. The molecule has 0 N–H and O–H groups in total. The SMILES string of the molecule is Cc1ccc(-c2cc(-c3ccc(C(C)(C)C)cc3)n(-c3ccc(-c4ccccc4-c4ccccc4-c4ccc5c(c4)c4ccccc4n5-c4ccccc4)cc3)n2)cc1. The maximum Gasteiger partial charge on any atom is 0.0934 e. The van der Waals surface area contributed by atoms with Gasteiger partial charge >= 0.3 is 0 Å². The Morgan fingerprint density at radius 1 is 0.407 bits per heavy atom. The first kappa shape index (κ1) is 36.1. The monoisotopic (exact) mass is 759 g/mol. The topological polar surface area (TPSA) is 22.8 Å². The van der Waals surface area contributed by atoms with E-state index in [9.17, 15) is 0 Å². The predicted molar refractivity (Wildman–Crippen MR) is 249 cm³/mol. The zero-order chi connectivity index (χ0) is 40.1. The van der Waals surface area contributed by atoms with E-state index in [0.717, 1.165) is 39.5 Å². The first-order chi connectivity index (χ1) is 28.8. The van der Waals surface area contributed by atoms with E-state index in [-0.39, 0.29) is 5.41 Å². The van der Waals surface area contributed by atoms with Gasteiger partial charge in [-0.05, 0) is 99.8 Å². The van der Waals surface area contributed by atoms with Gasteiger partial charge in [-0.3, -0.25) is 0 Å². The Balaban J connectivity index is 1.04. The van der Waals surface area contributed by atoms with Crippen LogP contribution in [0.5, 0.6) is 0 Å². The fraction of sp³-hybridized carbons (Fsp3) is 0.0893. The summed E-state index contributed by atoms with van der Waals surface area (Å²) in [5.41, 5.74) is 18.6. The molecular formula is C56H45N3. The number of benzene rings is 8. The van der Waals surface area contributed by atoms with Crippen LogP contribution in [-0.4, -0.2) is 14.3 Å². The number of hydrogen-bond donors (Lipinski definition) is 0. The first-order valence-electron chi connectivity index (χ1n) is 20.5. The Kier molecular flexibility index (Phi) is 8.95. The van der Waals surface area contributed by atoms with Crippen LogP contribution in [0.15, 0.2) is 200 Å². The summed E-state index contributed by atoms with van der Waals surface area (Å²) in [7, 11) is 0. The lowest BCUT2D eigenvalue weighted by Gasteiger charge is -2.19. The molecule has 0 aliphatic heterocycles. The van der Waals surface area contributed by atoms with Crippen molar-refractivity contribution in [2.24, 2.45) is 0 Å². The smallest absolute Gasteiger partial charge is 0.0934 e. The first-order valence-corrected chi connectivity index (χ1v) is 20.5. The Bertz CT molecular complexity index is 3100. The normalized spacial score (nSPS) is 11.7. The van der Waals surface area contributed by atoms with Gasteiger partial charge in [0.15, 0.2) is 0 Å². The average molecular weight is 760 g/mol. The summed E-state index contributed by atoms with van der Waals surface area (Å²) >= 11 is 0. The molecule has 0 aliphatic rings. The van der Waals surface area contributed by atoms with Crippen molar-refractivity contribution in [1.82, 2.24) is 14.3 Å². The Morgan fingerprint density at radius 3 is 1.63 bits per heavy atom. The van der Waals surface area contributed by atoms with E-state index >= 15 is 0 Å². The van der Waals surface area contributed by atoms with Gasteiger partial charge in [0.2, 0.25) is 0 Å². The summed E-state index contributed by atoms with van der Waals surface area (Å²) in [5, 5.41) is 7.71. The number of aryl methyl sites for hydroxylation is 1. The lowest BCUT2D eigenvalue weighted by molar-refractivity contribution is 0.590. The largest absolute Gasteiger partial charge is 0.309 e. The molecule has 8 aromatic carbocycles. The Morgan fingerprint density at radius 2 is 0.949 bits per heavy atom. The van der Waals surface area contributed by atoms with Crippen molar-refractivity contribution in [3.8, 4) is 67.3 Å². The number of hydrogen-bond acceptors (Lipinski definition) is 1. The molecule has 3 heteroatoms. The number of para-hydroxylation sites is 2. The fourth-order valence-electron chi connectivity index (χ4n) is 8.51. The van der Waals surface area contributed by atoms with Crippen LogP contribution in [0, 0.1) is 6.92 Å². The van der Waals surface area contributed by atoms with Crippen LogP contribution in [0.3, 0.4) is 0 Å². The third kappa shape index (κ3) is 6.65. The highest BCUT2D eigenvalue weighted by Gasteiger charge is 2.19. The molecule has 2 aromatic heterocycles. The molecule has 0 saturated carbocycles. The van der Waals surface area contributed by atoms with Crippen molar-refractivity contribution < 1.29 is 0 Å². The van der Waals surface area contributed by atoms with Crippen LogP contribution >= 0.6 is 0 Å². The molecule has 0 radical (unpaired) electrons. The molecule has 0 atom stereocenters. The third-order valence-corrected chi connectivity index (χ3v) is 11.7. The maximum absolute atomic E-state index is 5.21. The van der Waals surface area contributed by atoms with Crippen LogP contribution in [0.1, 0.15) is 31.9 Å². The molecule has 0 unspecified atom stereocenters. The van der Waals surface area contributed by atoms with Crippen molar-refractivity contribution in [2.75, 3.05) is 0 Å². The molecule has 0 bridgehead atoms. The highest BCUT2D eigenvalue weighted by atomic mass is 15.3. The standard InChI is InChI=1S/C56H45N3/c1-38-22-24-40(25-23-38)52-37-55(41-26-31-43(32-27-41)56(2,3)4)59(57-52)45-33-28-39(29-34-45)46-16-8-10-18-48(46)49-19-11-9-17-47(49)42-30-35-54-51(36-42)50-20-12-13-21-53(50)58(54)44-14-6-5-7-15-44/h5-37H,1-4H3. The molecular weight excluding hydrogens is 715 g/mol. The summed E-state index contributed by atoms with van der Waals surface area (Å²) in [5.74, 6) is 0. The van der Waals surface area contributed by atoms with Gasteiger partial charge in [0.1, 0.15) is 0 Å². The molecule has 0 amide bonds. The van der Waals surface area contributed by atoms with Gasteiger partial charge < -0.3 is 4.57 Å². The van der Waals surface area contributed by atoms with Crippen molar-refractivity contribution in [3.05, 3.63) is 211 Å². The summed E-state index contributed by atoms with van der Waals surface area (Å²) in [6.45, 7) is 8.89. The van der Waals surface area contributed by atoms with Crippen LogP contribution < -0.4 is 0 Å². The van der Waals surface area contributed by atoms with E-state index in [4.69, 9.17) is 5.10 Å². The fourth-order valence-corrected chi connectivity index (χ4v) is 8.51. The highest BCUT2D eigenvalue weighted by molar-refractivity contribution is 6.11. The van der Waals surface area contributed by atoms with Gasteiger partial charge in [-0.25, -0.2) is 4.68 Å². The van der Waals surface area contributed by atoms with Crippen LogP contribution in [0.2, 0.25) is 0 Å². The van der Waals surface area contributed by atoms with E-state index in [1.54, 1.807) is 0 Å². The average Bonchev–Trinajstić information content (AvgIpc) is 3.87. The number of rotatable bonds is 7. The molecule has 2 heterocycles. The maximum atomic E-state index is 5.21. The second-order valence-electron chi connectivity index (χ2n) is 16.6. The van der Waals surface area contributed by atoms with E-state index in [1.165, 1.54) is 60.8 Å².